The number of halogens is 1. The molecule has 2 unspecified atom stereocenters. The summed E-state index contributed by atoms with van der Waals surface area (Å²) in [5, 5.41) is 2.95. The molecule has 0 aliphatic heterocycles. The number of aryl methyl sites for hydroxylation is 1. The number of benzene rings is 1. The molecule has 3 N–H and O–H groups in total. The summed E-state index contributed by atoms with van der Waals surface area (Å²) in [6.07, 6.45) is 3.42. The molecule has 2 atom stereocenters. The van der Waals surface area contributed by atoms with Crippen LogP contribution in [0.1, 0.15) is 50.7 Å². The van der Waals surface area contributed by atoms with E-state index in [0.29, 0.717) is 25.2 Å². The van der Waals surface area contributed by atoms with Gasteiger partial charge in [-0.15, -0.1) is 12.4 Å². The maximum Gasteiger partial charge on any atom is 0.243 e. The standard InChI is InChI=1S/C19H31N3O3S.ClH/c1-5-22(6-2)26(24,25)17-10-13(3)14(4)18(12-17)21-19(23)15-8-7-9-16(20)11-15;/h10,12,15-16H,5-9,11,20H2,1-4H3,(H,21,23);1H. The molecule has 1 aromatic carbocycles. The van der Waals surface area contributed by atoms with Gasteiger partial charge in [0.1, 0.15) is 0 Å². The highest BCUT2D eigenvalue weighted by atomic mass is 35.5. The van der Waals surface area contributed by atoms with Gasteiger partial charge >= 0.3 is 0 Å². The van der Waals surface area contributed by atoms with Crippen LogP contribution in [0, 0.1) is 19.8 Å². The van der Waals surface area contributed by atoms with Crippen molar-refractivity contribution < 1.29 is 13.2 Å². The molecule has 1 aromatic rings. The van der Waals surface area contributed by atoms with Crippen molar-refractivity contribution in [1.82, 2.24) is 4.31 Å². The zero-order valence-electron chi connectivity index (χ0n) is 16.6. The van der Waals surface area contributed by atoms with Gasteiger partial charge in [0, 0.05) is 30.7 Å². The first kappa shape index (κ1) is 23.9. The molecule has 1 aliphatic rings. The van der Waals surface area contributed by atoms with Gasteiger partial charge < -0.3 is 11.1 Å². The summed E-state index contributed by atoms with van der Waals surface area (Å²) in [4.78, 5) is 12.9. The number of carbonyl (C=O) groups excluding carboxylic acids is 1. The lowest BCUT2D eigenvalue weighted by molar-refractivity contribution is -0.120. The van der Waals surface area contributed by atoms with E-state index in [1.54, 1.807) is 12.1 Å². The van der Waals surface area contributed by atoms with Crippen LogP contribution >= 0.6 is 12.4 Å². The summed E-state index contributed by atoms with van der Waals surface area (Å²) in [5.41, 5.74) is 8.29. The van der Waals surface area contributed by atoms with Gasteiger partial charge in [-0.2, -0.15) is 4.31 Å². The number of nitrogens with one attached hydrogen (secondary N) is 1. The van der Waals surface area contributed by atoms with Crippen molar-refractivity contribution in [3.05, 3.63) is 23.3 Å². The molecular formula is C19H32ClN3O3S. The maximum atomic E-state index is 12.8. The van der Waals surface area contributed by atoms with E-state index in [4.69, 9.17) is 5.73 Å². The van der Waals surface area contributed by atoms with Crippen molar-refractivity contribution in [2.75, 3.05) is 18.4 Å². The normalized spacial score (nSPS) is 20.2. The summed E-state index contributed by atoms with van der Waals surface area (Å²) in [5.74, 6) is -0.179. The van der Waals surface area contributed by atoms with E-state index in [-0.39, 0.29) is 35.2 Å². The third-order valence-electron chi connectivity index (χ3n) is 5.33. The fraction of sp³-hybridized carbons (Fsp3) is 0.632. The highest BCUT2D eigenvalue weighted by Gasteiger charge is 2.27. The molecule has 6 nitrogen and oxygen atoms in total. The van der Waals surface area contributed by atoms with E-state index in [2.05, 4.69) is 5.32 Å². The van der Waals surface area contributed by atoms with Crippen LogP contribution in [0.3, 0.4) is 0 Å². The highest BCUT2D eigenvalue weighted by molar-refractivity contribution is 7.89. The largest absolute Gasteiger partial charge is 0.328 e. The molecule has 0 spiro atoms. The molecule has 0 saturated heterocycles. The zero-order chi connectivity index (χ0) is 19.5. The summed E-state index contributed by atoms with van der Waals surface area (Å²) in [6.45, 7) is 8.21. The van der Waals surface area contributed by atoms with Crippen molar-refractivity contribution in [3.8, 4) is 0 Å². The predicted molar refractivity (Wildman–Crippen MR) is 112 cm³/mol. The van der Waals surface area contributed by atoms with E-state index in [1.165, 1.54) is 4.31 Å². The van der Waals surface area contributed by atoms with Gasteiger partial charge in [-0.25, -0.2) is 8.42 Å². The molecule has 0 heterocycles. The molecule has 154 valence electrons. The number of anilines is 1. The highest BCUT2D eigenvalue weighted by Crippen LogP contribution is 2.29. The third kappa shape index (κ3) is 5.44. The molecule has 0 radical (unpaired) electrons. The van der Waals surface area contributed by atoms with E-state index >= 15 is 0 Å². The lowest BCUT2D eigenvalue weighted by Crippen LogP contribution is -2.34. The first-order valence-electron chi connectivity index (χ1n) is 9.38. The van der Waals surface area contributed by atoms with Crippen LogP contribution in [0.2, 0.25) is 0 Å². The molecule has 1 saturated carbocycles. The molecule has 2 rings (SSSR count). The second kappa shape index (κ2) is 9.87. The predicted octanol–water partition coefficient (Wildman–Crippen LogP) is 3.21. The van der Waals surface area contributed by atoms with Crippen molar-refractivity contribution in [2.45, 2.75) is 64.3 Å². The minimum atomic E-state index is -3.57. The van der Waals surface area contributed by atoms with Crippen molar-refractivity contribution >= 4 is 34.0 Å². The Balaban J connectivity index is 0.00000364. The molecule has 27 heavy (non-hydrogen) atoms. The van der Waals surface area contributed by atoms with Crippen LogP contribution in [0.25, 0.3) is 0 Å². The van der Waals surface area contributed by atoms with Crippen LogP contribution in [0.15, 0.2) is 17.0 Å². The van der Waals surface area contributed by atoms with Crippen LogP contribution < -0.4 is 11.1 Å². The number of carbonyl (C=O) groups is 1. The van der Waals surface area contributed by atoms with Gasteiger partial charge in [-0.3, -0.25) is 4.79 Å². The van der Waals surface area contributed by atoms with Gasteiger partial charge in [0.05, 0.1) is 4.90 Å². The summed E-state index contributed by atoms with van der Waals surface area (Å²) in [7, 11) is -3.57. The van der Waals surface area contributed by atoms with Gasteiger partial charge in [0.15, 0.2) is 0 Å². The Kier molecular flexibility index (Phi) is 8.73. The Labute approximate surface area is 169 Å². The smallest absolute Gasteiger partial charge is 0.243 e. The number of nitrogens with zero attached hydrogens (tertiary/aromatic N) is 1. The monoisotopic (exact) mass is 417 g/mol. The summed E-state index contributed by atoms with van der Waals surface area (Å²) < 4.78 is 27.1. The average Bonchev–Trinajstić information content (AvgIpc) is 2.59. The number of hydrogen-bond acceptors (Lipinski definition) is 4. The molecule has 8 heteroatoms. The van der Waals surface area contributed by atoms with Gasteiger partial charge in [-0.1, -0.05) is 20.3 Å². The number of rotatable bonds is 6. The van der Waals surface area contributed by atoms with Crippen LogP contribution in [-0.4, -0.2) is 37.8 Å². The first-order chi connectivity index (χ1) is 12.2. The number of nitrogens with two attached hydrogens (primary N) is 1. The Morgan fingerprint density at radius 3 is 2.41 bits per heavy atom. The van der Waals surface area contributed by atoms with Gasteiger partial charge in [-0.05, 0) is 56.4 Å². The molecule has 1 aliphatic carbocycles. The van der Waals surface area contributed by atoms with E-state index < -0.39 is 10.0 Å². The van der Waals surface area contributed by atoms with Crippen LogP contribution in [0.5, 0.6) is 0 Å². The van der Waals surface area contributed by atoms with Crippen LogP contribution in [0.4, 0.5) is 5.69 Å². The summed E-state index contributed by atoms with van der Waals surface area (Å²) in [6, 6.07) is 3.32. The van der Waals surface area contributed by atoms with Crippen molar-refractivity contribution in [2.24, 2.45) is 11.7 Å². The lowest BCUT2D eigenvalue weighted by Gasteiger charge is -2.26. The quantitative estimate of drug-likeness (QED) is 0.743. The average molecular weight is 418 g/mol. The minimum absolute atomic E-state index is 0. The Bertz CT molecular complexity index is 764. The molecule has 0 bridgehead atoms. The fourth-order valence-corrected chi connectivity index (χ4v) is 5.09. The number of amides is 1. The van der Waals surface area contributed by atoms with Gasteiger partial charge in [0.25, 0.3) is 0 Å². The second-order valence-corrected chi connectivity index (χ2v) is 9.05. The minimum Gasteiger partial charge on any atom is -0.328 e. The molecule has 0 aromatic heterocycles. The van der Waals surface area contributed by atoms with Gasteiger partial charge in [0.2, 0.25) is 15.9 Å². The van der Waals surface area contributed by atoms with E-state index in [9.17, 15) is 13.2 Å². The van der Waals surface area contributed by atoms with E-state index in [1.807, 2.05) is 27.7 Å². The Hall–Kier alpha value is -1.15. The molecule has 1 amide bonds. The van der Waals surface area contributed by atoms with E-state index in [0.717, 1.165) is 30.4 Å². The SMILES string of the molecule is CCN(CC)S(=O)(=O)c1cc(C)c(C)c(NC(=O)C2CCCC(N)C2)c1.Cl. The molecule has 1 fully saturated rings. The van der Waals surface area contributed by atoms with Crippen molar-refractivity contribution in [1.29, 1.82) is 0 Å². The fourth-order valence-electron chi connectivity index (χ4n) is 3.52. The Morgan fingerprint density at radius 2 is 1.85 bits per heavy atom. The second-order valence-electron chi connectivity index (χ2n) is 7.11. The molecular weight excluding hydrogens is 386 g/mol. The van der Waals surface area contributed by atoms with Crippen molar-refractivity contribution in [3.63, 3.8) is 0 Å². The number of sulfonamides is 1. The topological polar surface area (TPSA) is 92.5 Å². The lowest BCUT2D eigenvalue weighted by atomic mass is 9.85. The number of hydrogen-bond donors (Lipinski definition) is 2. The summed E-state index contributed by atoms with van der Waals surface area (Å²) >= 11 is 0. The van der Waals surface area contributed by atoms with Crippen LogP contribution in [-0.2, 0) is 14.8 Å². The Morgan fingerprint density at radius 1 is 1.22 bits per heavy atom. The zero-order valence-corrected chi connectivity index (χ0v) is 18.3. The first-order valence-corrected chi connectivity index (χ1v) is 10.8. The third-order valence-corrected chi connectivity index (χ3v) is 7.36. The maximum absolute atomic E-state index is 12.8.